The first-order valence-electron chi connectivity index (χ1n) is 9.95. The van der Waals surface area contributed by atoms with E-state index < -0.39 is 5.97 Å². The molecule has 1 atom stereocenters. The van der Waals surface area contributed by atoms with Crippen molar-refractivity contribution in [3.05, 3.63) is 65.2 Å². The van der Waals surface area contributed by atoms with Crippen molar-refractivity contribution in [2.75, 3.05) is 27.4 Å². The smallest absolute Gasteiger partial charge is 0.331 e. The Balaban J connectivity index is 1.64. The second-order valence-electron chi connectivity index (χ2n) is 7.15. The van der Waals surface area contributed by atoms with Crippen molar-refractivity contribution in [2.24, 2.45) is 0 Å². The fourth-order valence-electron chi connectivity index (χ4n) is 3.68. The maximum atomic E-state index is 12.8. The average Bonchev–Trinajstić information content (AvgIpc) is 3.26. The lowest BCUT2D eigenvalue weighted by Gasteiger charge is -2.26. The predicted octanol–water partition coefficient (Wildman–Crippen LogP) is 3.93. The number of nitrogens with zero attached hydrogens (tertiary/aromatic N) is 1. The number of methoxy groups -OCH3 is 2. The molecule has 0 bridgehead atoms. The highest BCUT2D eigenvalue weighted by molar-refractivity contribution is 5.89. The molecule has 0 aromatic heterocycles. The number of aryl methyl sites for hydroxylation is 1. The molecule has 1 amide bonds. The van der Waals surface area contributed by atoms with Gasteiger partial charge in [-0.1, -0.05) is 24.3 Å². The number of hydrogen-bond donors (Lipinski definition) is 0. The zero-order valence-electron chi connectivity index (χ0n) is 17.6. The van der Waals surface area contributed by atoms with Gasteiger partial charge in [0.05, 0.1) is 20.3 Å². The van der Waals surface area contributed by atoms with E-state index in [-0.39, 0.29) is 18.6 Å². The normalized spacial score (nSPS) is 16.0. The van der Waals surface area contributed by atoms with Gasteiger partial charge in [-0.3, -0.25) is 4.79 Å². The molecule has 1 aliphatic heterocycles. The van der Waals surface area contributed by atoms with Crippen LogP contribution in [0.1, 0.15) is 35.6 Å². The first kappa shape index (κ1) is 21.4. The van der Waals surface area contributed by atoms with Crippen LogP contribution in [0.4, 0.5) is 0 Å². The van der Waals surface area contributed by atoms with Crippen LogP contribution < -0.4 is 9.47 Å². The summed E-state index contributed by atoms with van der Waals surface area (Å²) in [4.78, 5) is 26.6. The van der Waals surface area contributed by atoms with Crippen molar-refractivity contribution in [1.82, 2.24) is 4.90 Å². The molecule has 2 aromatic carbocycles. The van der Waals surface area contributed by atoms with Gasteiger partial charge in [-0.15, -0.1) is 0 Å². The van der Waals surface area contributed by atoms with Crippen LogP contribution in [0.25, 0.3) is 6.08 Å². The van der Waals surface area contributed by atoms with Crippen LogP contribution in [0.2, 0.25) is 0 Å². The Bertz CT molecular complexity index is 937. The van der Waals surface area contributed by atoms with Crippen LogP contribution in [-0.2, 0) is 14.3 Å². The zero-order valence-corrected chi connectivity index (χ0v) is 17.6. The molecule has 0 N–H and O–H groups in total. The summed E-state index contributed by atoms with van der Waals surface area (Å²) < 4.78 is 16.0. The van der Waals surface area contributed by atoms with Gasteiger partial charge in [0.15, 0.2) is 6.61 Å². The minimum atomic E-state index is -0.540. The number of ether oxygens (including phenoxy) is 3. The first-order chi connectivity index (χ1) is 14.5. The van der Waals surface area contributed by atoms with Crippen LogP contribution >= 0.6 is 0 Å². The minimum Gasteiger partial charge on any atom is -0.497 e. The molecule has 1 heterocycles. The standard InChI is InChI=1S/C24H27NO5/c1-17-7-4-5-8-18(17)10-13-24(27)30-16-23(26)25-14-6-9-21(25)20-15-19(28-2)11-12-22(20)29-3/h4-5,7-8,10-13,15,21H,6,9,14,16H2,1-3H3/b13-10+/t21-/m0/s1. The van der Waals surface area contributed by atoms with Gasteiger partial charge in [0.2, 0.25) is 0 Å². The Kier molecular flexibility index (Phi) is 7.12. The fraction of sp³-hybridized carbons (Fsp3) is 0.333. The fourth-order valence-corrected chi connectivity index (χ4v) is 3.68. The van der Waals surface area contributed by atoms with E-state index in [4.69, 9.17) is 14.2 Å². The van der Waals surface area contributed by atoms with E-state index in [0.717, 1.165) is 29.5 Å². The van der Waals surface area contributed by atoms with Crippen molar-refractivity contribution in [3.8, 4) is 11.5 Å². The molecule has 2 aromatic rings. The SMILES string of the molecule is COc1ccc(OC)c([C@@H]2CCCN2C(=O)COC(=O)/C=C/c2ccccc2C)c1. The Labute approximate surface area is 177 Å². The van der Waals surface area contributed by atoms with Gasteiger partial charge in [0.25, 0.3) is 5.91 Å². The molecule has 0 unspecified atom stereocenters. The van der Waals surface area contributed by atoms with E-state index in [2.05, 4.69) is 0 Å². The lowest BCUT2D eigenvalue weighted by atomic mass is 10.0. The van der Waals surface area contributed by atoms with Crippen molar-refractivity contribution in [1.29, 1.82) is 0 Å². The van der Waals surface area contributed by atoms with Gasteiger partial charge in [0.1, 0.15) is 11.5 Å². The Morgan fingerprint density at radius 2 is 1.93 bits per heavy atom. The zero-order chi connectivity index (χ0) is 21.5. The molecule has 1 fully saturated rings. The average molecular weight is 409 g/mol. The molecule has 0 spiro atoms. The number of esters is 1. The highest BCUT2D eigenvalue weighted by Gasteiger charge is 2.32. The van der Waals surface area contributed by atoms with E-state index in [0.29, 0.717) is 18.0 Å². The molecular weight excluding hydrogens is 382 g/mol. The summed E-state index contributed by atoms with van der Waals surface area (Å²) in [5, 5.41) is 0. The highest BCUT2D eigenvalue weighted by atomic mass is 16.5. The minimum absolute atomic E-state index is 0.135. The number of carbonyl (C=O) groups is 2. The van der Waals surface area contributed by atoms with E-state index in [1.54, 1.807) is 25.2 Å². The third-order valence-electron chi connectivity index (χ3n) is 5.29. The quantitative estimate of drug-likeness (QED) is 0.512. The number of hydrogen-bond acceptors (Lipinski definition) is 5. The van der Waals surface area contributed by atoms with Crippen LogP contribution in [0.3, 0.4) is 0 Å². The summed E-state index contributed by atoms with van der Waals surface area (Å²) in [7, 11) is 3.21. The van der Waals surface area contributed by atoms with Crippen LogP contribution in [0, 0.1) is 6.92 Å². The van der Waals surface area contributed by atoms with Gasteiger partial charge in [-0.2, -0.15) is 0 Å². The largest absolute Gasteiger partial charge is 0.497 e. The third kappa shape index (κ3) is 5.00. The molecule has 1 aliphatic rings. The molecule has 0 saturated carbocycles. The Hall–Kier alpha value is -3.28. The summed E-state index contributed by atoms with van der Waals surface area (Å²) in [6, 6.07) is 13.2. The highest BCUT2D eigenvalue weighted by Crippen LogP contribution is 2.38. The molecule has 30 heavy (non-hydrogen) atoms. The number of amides is 1. The molecule has 3 rings (SSSR count). The van der Waals surface area contributed by atoms with Gasteiger partial charge >= 0.3 is 5.97 Å². The Morgan fingerprint density at radius 3 is 2.67 bits per heavy atom. The second-order valence-corrected chi connectivity index (χ2v) is 7.15. The molecule has 0 radical (unpaired) electrons. The molecular formula is C24H27NO5. The lowest BCUT2D eigenvalue weighted by Crippen LogP contribution is -2.34. The van der Waals surface area contributed by atoms with Gasteiger partial charge in [0, 0.05) is 18.2 Å². The van der Waals surface area contributed by atoms with Crippen molar-refractivity contribution in [3.63, 3.8) is 0 Å². The molecule has 158 valence electrons. The van der Waals surface area contributed by atoms with E-state index in [1.807, 2.05) is 49.4 Å². The molecule has 6 heteroatoms. The summed E-state index contributed by atoms with van der Waals surface area (Å²) >= 11 is 0. The topological polar surface area (TPSA) is 65.1 Å². The predicted molar refractivity (Wildman–Crippen MR) is 114 cm³/mol. The summed E-state index contributed by atoms with van der Waals surface area (Å²) in [5.41, 5.74) is 2.89. The number of likely N-dealkylation sites (tertiary alicyclic amines) is 1. The number of carbonyl (C=O) groups excluding carboxylic acids is 2. The van der Waals surface area contributed by atoms with E-state index >= 15 is 0 Å². The van der Waals surface area contributed by atoms with Crippen LogP contribution in [0.15, 0.2) is 48.5 Å². The first-order valence-corrected chi connectivity index (χ1v) is 9.95. The van der Waals surface area contributed by atoms with Crippen LogP contribution in [-0.4, -0.2) is 44.1 Å². The third-order valence-corrected chi connectivity index (χ3v) is 5.29. The maximum Gasteiger partial charge on any atom is 0.331 e. The van der Waals surface area contributed by atoms with Gasteiger partial charge in [-0.25, -0.2) is 4.79 Å². The molecule has 0 aliphatic carbocycles. The maximum absolute atomic E-state index is 12.8. The monoisotopic (exact) mass is 409 g/mol. The van der Waals surface area contributed by atoms with Crippen LogP contribution in [0.5, 0.6) is 11.5 Å². The van der Waals surface area contributed by atoms with Gasteiger partial charge in [-0.05, 0) is 55.2 Å². The molecule has 6 nitrogen and oxygen atoms in total. The summed E-state index contributed by atoms with van der Waals surface area (Å²) in [6.07, 6.45) is 4.73. The summed E-state index contributed by atoms with van der Waals surface area (Å²) in [6.45, 7) is 2.29. The Morgan fingerprint density at radius 1 is 1.13 bits per heavy atom. The summed E-state index contributed by atoms with van der Waals surface area (Å²) in [5.74, 6) is 0.651. The second kappa shape index (κ2) is 9.96. The number of rotatable bonds is 7. The molecule has 1 saturated heterocycles. The van der Waals surface area contributed by atoms with Crippen molar-refractivity contribution >= 4 is 18.0 Å². The van der Waals surface area contributed by atoms with Crippen molar-refractivity contribution in [2.45, 2.75) is 25.8 Å². The van der Waals surface area contributed by atoms with Crippen molar-refractivity contribution < 1.29 is 23.8 Å². The van der Waals surface area contributed by atoms with E-state index in [1.165, 1.54) is 6.08 Å². The van der Waals surface area contributed by atoms with E-state index in [9.17, 15) is 9.59 Å². The van der Waals surface area contributed by atoms with Gasteiger partial charge < -0.3 is 19.1 Å². The number of benzene rings is 2. The lowest BCUT2D eigenvalue weighted by molar-refractivity contribution is -0.148.